The summed E-state index contributed by atoms with van der Waals surface area (Å²) >= 11 is 0. The fourth-order valence-electron chi connectivity index (χ4n) is 4.05. The normalized spacial score (nSPS) is 17.9. The Kier molecular flexibility index (Phi) is 5.15. The second-order valence-corrected chi connectivity index (χ2v) is 7.66. The molecular formula is C25H23NO5. The second-order valence-electron chi connectivity index (χ2n) is 7.66. The molecule has 6 heteroatoms. The van der Waals surface area contributed by atoms with Gasteiger partial charge in [0.25, 0.3) is 11.7 Å². The monoisotopic (exact) mass is 417 g/mol. The lowest BCUT2D eigenvalue weighted by atomic mass is 9.96. The van der Waals surface area contributed by atoms with Crippen LogP contribution in [0.15, 0.2) is 64.8 Å². The molecule has 0 aliphatic carbocycles. The summed E-state index contributed by atoms with van der Waals surface area (Å²) in [5.41, 5.74) is 3.65. The van der Waals surface area contributed by atoms with Crippen molar-refractivity contribution in [2.75, 3.05) is 12.0 Å². The largest absolute Gasteiger partial charge is 0.507 e. The van der Waals surface area contributed by atoms with Crippen LogP contribution in [0.5, 0.6) is 5.75 Å². The van der Waals surface area contributed by atoms with E-state index in [9.17, 15) is 14.7 Å². The Bertz CT molecular complexity index is 1210. The molecule has 1 amide bonds. The molecule has 31 heavy (non-hydrogen) atoms. The summed E-state index contributed by atoms with van der Waals surface area (Å²) in [5, 5.41) is 11.2. The molecule has 0 radical (unpaired) electrons. The Morgan fingerprint density at radius 1 is 1.03 bits per heavy atom. The van der Waals surface area contributed by atoms with Gasteiger partial charge in [0.15, 0.2) is 0 Å². The van der Waals surface area contributed by atoms with Crippen molar-refractivity contribution < 1.29 is 23.8 Å². The molecule has 2 heterocycles. The van der Waals surface area contributed by atoms with Gasteiger partial charge in [-0.05, 0) is 68.3 Å². The number of aryl methyl sites for hydroxylation is 3. The molecule has 1 saturated heterocycles. The predicted octanol–water partition coefficient (Wildman–Crippen LogP) is 4.84. The number of furan rings is 1. The third-order valence-corrected chi connectivity index (χ3v) is 5.56. The number of Topliss-reactive ketones (excluding diaryl/α,β-unsaturated/α-hetero) is 1. The highest BCUT2D eigenvalue weighted by Crippen LogP contribution is 2.43. The van der Waals surface area contributed by atoms with E-state index in [1.165, 1.54) is 11.2 Å². The Morgan fingerprint density at radius 3 is 2.42 bits per heavy atom. The molecule has 2 aromatic carbocycles. The maximum atomic E-state index is 13.1. The van der Waals surface area contributed by atoms with E-state index in [4.69, 9.17) is 9.15 Å². The Hall–Kier alpha value is -3.80. The topological polar surface area (TPSA) is 80.0 Å². The van der Waals surface area contributed by atoms with Crippen molar-refractivity contribution in [1.29, 1.82) is 0 Å². The van der Waals surface area contributed by atoms with Crippen LogP contribution in [0.4, 0.5) is 5.69 Å². The zero-order valence-electron chi connectivity index (χ0n) is 17.8. The van der Waals surface area contributed by atoms with E-state index >= 15 is 0 Å². The van der Waals surface area contributed by atoms with E-state index < -0.39 is 17.7 Å². The highest BCUT2D eigenvalue weighted by molar-refractivity contribution is 6.51. The van der Waals surface area contributed by atoms with Crippen molar-refractivity contribution in [3.05, 3.63) is 88.4 Å². The lowest BCUT2D eigenvalue weighted by Gasteiger charge is -2.25. The molecule has 158 valence electrons. The summed E-state index contributed by atoms with van der Waals surface area (Å²) in [6, 6.07) is 13.3. The van der Waals surface area contributed by atoms with Crippen molar-refractivity contribution >= 4 is 23.1 Å². The first-order chi connectivity index (χ1) is 14.8. The average Bonchev–Trinajstić information content (AvgIpc) is 3.35. The van der Waals surface area contributed by atoms with Gasteiger partial charge in [-0.15, -0.1) is 0 Å². The van der Waals surface area contributed by atoms with Crippen LogP contribution in [0, 0.1) is 20.8 Å². The number of methoxy groups -OCH3 is 1. The Labute approximate surface area is 180 Å². The molecule has 1 N–H and O–H groups in total. The van der Waals surface area contributed by atoms with Crippen LogP contribution in [0.2, 0.25) is 0 Å². The van der Waals surface area contributed by atoms with Gasteiger partial charge in [-0.3, -0.25) is 14.5 Å². The van der Waals surface area contributed by atoms with E-state index in [2.05, 4.69) is 0 Å². The van der Waals surface area contributed by atoms with E-state index in [0.29, 0.717) is 28.3 Å². The van der Waals surface area contributed by atoms with E-state index in [1.807, 2.05) is 32.0 Å². The van der Waals surface area contributed by atoms with Crippen LogP contribution in [0.25, 0.3) is 5.76 Å². The SMILES string of the molecule is COc1ccc(/C(O)=C2/C(=O)C(=O)N(c3ccc(C)cc3C)C2c2ccco2)c(C)c1. The highest BCUT2D eigenvalue weighted by atomic mass is 16.5. The Balaban J connectivity index is 1.94. The molecule has 0 saturated carbocycles. The van der Waals surface area contributed by atoms with Crippen LogP contribution >= 0.6 is 0 Å². The van der Waals surface area contributed by atoms with Crippen LogP contribution in [0.3, 0.4) is 0 Å². The minimum absolute atomic E-state index is 0.00630. The number of benzene rings is 2. The molecule has 0 spiro atoms. The maximum Gasteiger partial charge on any atom is 0.300 e. The zero-order chi connectivity index (χ0) is 22.3. The molecule has 4 rings (SSSR count). The number of carbonyl (C=O) groups is 2. The predicted molar refractivity (Wildman–Crippen MR) is 117 cm³/mol. The molecule has 1 aliphatic rings. The smallest absolute Gasteiger partial charge is 0.300 e. The number of anilines is 1. The van der Waals surface area contributed by atoms with Gasteiger partial charge in [-0.1, -0.05) is 17.7 Å². The molecule has 0 bridgehead atoms. The summed E-state index contributed by atoms with van der Waals surface area (Å²) in [6.45, 7) is 5.65. The number of hydrogen-bond donors (Lipinski definition) is 1. The lowest BCUT2D eigenvalue weighted by molar-refractivity contribution is -0.132. The fraction of sp³-hybridized carbons (Fsp3) is 0.200. The van der Waals surface area contributed by atoms with Gasteiger partial charge in [0.1, 0.15) is 23.3 Å². The number of nitrogens with zero attached hydrogens (tertiary/aromatic N) is 1. The lowest BCUT2D eigenvalue weighted by Crippen LogP contribution is -2.30. The number of hydrogen-bond acceptors (Lipinski definition) is 5. The molecule has 1 atom stereocenters. The van der Waals surface area contributed by atoms with Crippen molar-refractivity contribution in [3.63, 3.8) is 0 Å². The maximum absolute atomic E-state index is 13.1. The first kappa shape index (κ1) is 20.5. The molecule has 1 aliphatic heterocycles. The molecular weight excluding hydrogens is 394 g/mol. The molecule has 1 aromatic heterocycles. The zero-order valence-corrected chi connectivity index (χ0v) is 17.8. The third-order valence-electron chi connectivity index (χ3n) is 5.56. The fourth-order valence-corrected chi connectivity index (χ4v) is 4.05. The van der Waals surface area contributed by atoms with Gasteiger partial charge < -0.3 is 14.3 Å². The second kappa shape index (κ2) is 7.80. The average molecular weight is 417 g/mol. The number of carbonyl (C=O) groups excluding carboxylic acids is 2. The van der Waals surface area contributed by atoms with Gasteiger partial charge in [-0.25, -0.2) is 0 Å². The van der Waals surface area contributed by atoms with Crippen molar-refractivity contribution in [1.82, 2.24) is 0 Å². The van der Waals surface area contributed by atoms with Crippen LogP contribution in [-0.4, -0.2) is 23.9 Å². The first-order valence-electron chi connectivity index (χ1n) is 9.90. The number of rotatable bonds is 4. The van der Waals surface area contributed by atoms with E-state index in [-0.39, 0.29) is 11.3 Å². The number of aliphatic hydroxyl groups is 1. The number of ether oxygens (including phenoxy) is 1. The van der Waals surface area contributed by atoms with Crippen molar-refractivity contribution in [2.45, 2.75) is 26.8 Å². The molecule has 3 aromatic rings. The van der Waals surface area contributed by atoms with Gasteiger partial charge >= 0.3 is 0 Å². The van der Waals surface area contributed by atoms with Gasteiger partial charge in [0.05, 0.1) is 18.9 Å². The number of amides is 1. The van der Waals surface area contributed by atoms with Gasteiger partial charge in [0.2, 0.25) is 0 Å². The van der Waals surface area contributed by atoms with Crippen molar-refractivity contribution in [2.24, 2.45) is 0 Å². The standard InChI is InChI=1S/C25H23NO5/c1-14-7-10-19(16(3)12-14)26-22(20-6-5-11-31-20)21(24(28)25(26)29)23(27)18-9-8-17(30-4)13-15(18)2/h5-13,22,27H,1-4H3/b23-21-. The van der Waals surface area contributed by atoms with Crippen LogP contribution < -0.4 is 9.64 Å². The summed E-state index contributed by atoms with van der Waals surface area (Å²) in [7, 11) is 1.56. The van der Waals surface area contributed by atoms with Gasteiger partial charge in [-0.2, -0.15) is 0 Å². The Morgan fingerprint density at radius 2 is 1.81 bits per heavy atom. The van der Waals surface area contributed by atoms with Crippen LogP contribution in [-0.2, 0) is 9.59 Å². The van der Waals surface area contributed by atoms with E-state index in [1.54, 1.807) is 44.4 Å². The molecule has 6 nitrogen and oxygen atoms in total. The summed E-state index contributed by atoms with van der Waals surface area (Å²) < 4.78 is 10.8. The van der Waals surface area contributed by atoms with Gasteiger partial charge in [0, 0.05) is 11.3 Å². The van der Waals surface area contributed by atoms with Crippen molar-refractivity contribution in [3.8, 4) is 5.75 Å². The number of ketones is 1. The third kappa shape index (κ3) is 3.40. The summed E-state index contributed by atoms with van der Waals surface area (Å²) in [6.07, 6.45) is 1.48. The summed E-state index contributed by atoms with van der Waals surface area (Å²) in [5.74, 6) is -0.679. The number of aliphatic hydroxyl groups excluding tert-OH is 1. The molecule has 1 unspecified atom stereocenters. The summed E-state index contributed by atoms with van der Waals surface area (Å²) in [4.78, 5) is 27.7. The minimum Gasteiger partial charge on any atom is -0.507 e. The minimum atomic E-state index is -0.877. The van der Waals surface area contributed by atoms with Crippen LogP contribution in [0.1, 0.15) is 34.1 Å². The highest BCUT2D eigenvalue weighted by Gasteiger charge is 2.48. The quantitative estimate of drug-likeness (QED) is 0.373. The molecule has 1 fully saturated rings. The first-order valence-corrected chi connectivity index (χ1v) is 9.90. The van der Waals surface area contributed by atoms with E-state index in [0.717, 1.165) is 11.1 Å².